The Balaban J connectivity index is 2.67. The monoisotopic (exact) mass is 183 g/mol. The van der Waals surface area contributed by atoms with Gasteiger partial charge in [0.1, 0.15) is 0 Å². The molecule has 0 fully saturated rings. The molecular formula is C13H13N. The molecule has 1 aromatic heterocycles. The van der Waals surface area contributed by atoms with Crippen molar-refractivity contribution >= 4 is 16.5 Å². The zero-order valence-corrected chi connectivity index (χ0v) is 8.54. The summed E-state index contributed by atoms with van der Waals surface area (Å²) in [4.78, 5) is 4.45. The largest absolute Gasteiger partial charge is 0.253 e. The van der Waals surface area contributed by atoms with Gasteiger partial charge in [0.2, 0.25) is 0 Å². The first-order valence-corrected chi connectivity index (χ1v) is 4.70. The quantitative estimate of drug-likeness (QED) is 0.658. The van der Waals surface area contributed by atoms with E-state index in [9.17, 15) is 0 Å². The van der Waals surface area contributed by atoms with Crippen molar-refractivity contribution in [2.75, 3.05) is 0 Å². The summed E-state index contributed by atoms with van der Waals surface area (Å²) in [5.74, 6) is 0. The molecule has 0 saturated carbocycles. The first-order chi connectivity index (χ1) is 6.66. The predicted octanol–water partition coefficient (Wildman–Crippen LogP) is 3.58. The Bertz CT molecular complexity index is 498. The SMILES string of the molecule is C=C(C)c1ccc2nc(C)ccc2c1. The number of nitrogens with zero attached hydrogens (tertiary/aromatic N) is 1. The first-order valence-electron chi connectivity index (χ1n) is 4.70. The topological polar surface area (TPSA) is 12.9 Å². The van der Waals surface area contributed by atoms with E-state index in [2.05, 4.69) is 29.8 Å². The Morgan fingerprint density at radius 2 is 2.00 bits per heavy atom. The normalized spacial score (nSPS) is 10.4. The Labute approximate surface area is 84.1 Å². The molecule has 0 atom stereocenters. The second-order valence-electron chi connectivity index (χ2n) is 3.64. The van der Waals surface area contributed by atoms with Crippen LogP contribution in [0.25, 0.3) is 16.5 Å². The number of fused-ring (bicyclic) bond motifs is 1. The highest BCUT2D eigenvalue weighted by Crippen LogP contribution is 2.18. The molecule has 14 heavy (non-hydrogen) atoms. The Morgan fingerprint density at radius 3 is 2.71 bits per heavy atom. The second-order valence-corrected chi connectivity index (χ2v) is 3.64. The molecule has 0 bridgehead atoms. The fraction of sp³-hybridized carbons (Fsp3) is 0.154. The number of rotatable bonds is 1. The van der Waals surface area contributed by atoms with Crippen LogP contribution in [0.4, 0.5) is 0 Å². The third kappa shape index (κ3) is 1.53. The third-order valence-corrected chi connectivity index (χ3v) is 2.32. The van der Waals surface area contributed by atoms with Gasteiger partial charge in [-0.3, -0.25) is 4.98 Å². The van der Waals surface area contributed by atoms with Gasteiger partial charge in [0.25, 0.3) is 0 Å². The van der Waals surface area contributed by atoms with Crippen LogP contribution in [0.1, 0.15) is 18.2 Å². The van der Waals surface area contributed by atoms with Crippen molar-refractivity contribution in [3.05, 3.63) is 48.2 Å². The van der Waals surface area contributed by atoms with E-state index < -0.39 is 0 Å². The lowest BCUT2D eigenvalue weighted by molar-refractivity contribution is 1.25. The second kappa shape index (κ2) is 3.26. The lowest BCUT2D eigenvalue weighted by Gasteiger charge is -2.02. The van der Waals surface area contributed by atoms with Gasteiger partial charge in [-0.2, -0.15) is 0 Å². The van der Waals surface area contributed by atoms with Crippen LogP contribution in [0.2, 0.25) is 0 Å². The highest BCUT2D eigenvalue weighted by Gasteiger charge is 1.98. The first kappa shape index (κ1) is 8.95. The molecule has 0 amide bonds. The molecule has 70 valence electrons. The van der Waals surface area contributed by atoms with Crippen LogP contribution in [-0.4, -0.2) is 4.98 Å². The average molecular weight is 183 g/mol. The zero-order valence-electron chi connectivity index (χ0n) is 8.54. The summed E-state index contributed by atoms with van der Waals surface area (Å²) in [5.41, 5.74) is 4.38. The molecule has 1 heteroatoms. The van der Waals surface area contributed by atoms with Crippen molar-refractivity contribution in [3.63, 3.8) is 0 Å². The fourth-order valence-electron chi connectivity index (χ4n) is 1.49. The van der Waals surface area contributed by atoms with Crippen molar-refractivity contribution in [1.82, 2.24) is 4.98 Å². The van der Waals surface area contributed by atoms with Gasteiger partial charge >= 0.3 is 0 Å². The molecule has 0 N–H and O–H groups in total. The van der Waals surface area contributed by atoms with Crippen LogP contribution in [0, 0.1) is 6.92 Å². The van der Waals surface area contributed by atoms with Crippen LogP contribution in [0.5, 0.6) is 0 Å². The number of allylic oxidation sites excluding steroid dienone is 1. The van der Waals surface area contributed by atoms with Crippen LogP contribution in [-0.2, 0) is 0 Å². The summed E-state index contributed by atoms with van der Waals surface area (Å²) in [7, 11) is 0. The number of aromatic nitrogens is 1. The lowest BCUT2D eigenvalue weighted by atomic mass is 10.1. The maximum absolute atomic E-state index is 4.45. The van der Waals surface area contributed by atoms with Crippen molar-refractivity contribution in [2.45, 2.75) is 13.8 Å². The molecule has 1 aromatic carbocycles. The van der Waals surface area contributed by atoms with Gasteiger partial charge in [-0.05, 0) is 37.6 Å². The van der Waals surface area contributed by atoms with Crippen molar-refractivity contribution in [1.29, 1.82) is 0 Å². The Hall–Kier alpha value is -1.63. The molecule has 1 nitrogen and oxygen atoms in total. The lowest BCUT2D eigenvalue weighted by Crippen LogP contribution is -1.84. The minimum absolute atomic E-state index is 1.05. The van der Waals surface area contributed by atoms with Crippen molar-refractivity contribution in [3.8, 4) is 0 Å². The highest BCUT2D eigenvalue weighted by atomic mass is 14.7. The number of benzene rings is 1. The minimum Gasteiger partial charge on any atom is -0.253 e. The maximum Gasteiger partial charge on any atom is 0.0705 e. The van der Waals surface area contributed by atoms with E-state index in [1.165, 1.54) is 10.9 Å². The van der Waals surface area contributed by atoms with E-state index in [0.717, 1.165) is 16.8 Å². The number of hydrogen-bond acceptors (Lipinski definition) is 1. The van der Waals surface area contributed by atoms with Gasteiger partial charge in [-0.25, -0.2) is 0 Å². The summed E-state index contributed by atoms with van der Waals surface area (Å²) in [6.07, 6.45) is 0. The molecule has 0 radical (unpaired) electrons. The summed E-state index contributed by atoms with van der Waals surface area (Å²) >= 11 is 0. The van der Waals surface area contributed by atoms with E-state index in [1.807, 2.05) is 26.0 Å². The summed E-state index contributed by atoms with van der Waals surface area (Å²) in [6, 6.07) is 10.4. The zero-order chi connectivity index (χ0) is 10.1. The fourth-order valence-corrected chi connectivity index (χ4v) is 1.49. The van der Waals surface area contributed by atoms with Crippen LogP contribution in [0.15, 0.2) is 36.9 Å². The van der Waals surface area contributed by atoms with Crippen molar-refractivity contribution in [2.24, 2.45) is 0 Å². The summed E-state index contributed by atoms with van der Waals surface area (Å²) in [6.45, 7) is 7.95. The molecule has 1 heterocycles. The molecule has 0 spiro atoms. The van der Waals surface area contributed by atoms with Crippen LogP contribution >= 0.6 is 0 Å². The molecule has 0 saturated heterocycles. The van der Waals surface area contributed by atoms with Crippen molar-refractivity contribution < 1.29 is 0 Å². The van der Waals surface area contributed by atoms with E-state index in [-0.39, 0.29) is 0 Å². The number of hydrogen-bond donors (Lipinski definition) is 0. The smallest absolute Gasteiger partial charge is 0.0705 e. The molecule has 0 aliphatic rings. The van der Waals surface area contributed by atoms with Gasteiger partial charge in [0.05, 0.1) is 5.52 Å². The molecule has 2 aromatic rings. The standard InChI is InChI=1S/C13H13N/c1-9(2)11-6-7-13-12(8-11)5-4-10(3)14-13/h4-8H,1H2,2-3H3. The van der Waals surface area contributed by atoms with E-state index in [0.29, 0.717) is 0 Å². The van der Waals surface area contributed by atoms with E-state index in [4.69, 9.17) is 0 Å². The van der Waals surface area contributed by atoms with Gasteiger partial charge < -0.3 is 0 Å². The van der Waals surface area contributed by atoms with Crippen LogP contribution < -0.4 is 0 Å². The number of pyridine rings is 1. The summed E-state index contributed by atoms with van der Waals surface area (Å²) in [5, 5.41) is 1.18. The summed E-state index contributed by atoms with van der Waals surface area (Å²) < 4.78 is 0. The van der Waals surface area contributed by atoms with Gasteiger partial charge in [0, 0.05) is 11.1 Å². The highest BCUT2D eigenvalue weighted by molar-refractivity contribution is 5.82. The molecule has 0 aliphatic carbocycles. The molecule has 0 aliphatic heterocycles. The third-order valence-electron chi connectivity index (χ3n) is 2.32. The molecular weight excluding hydrogens is 170 g/mol. The van der Waals surface area contributed by atoms with Gasteiger partial charge in [0.15, 0.2) is 0 Å². The number of aryl methyl sites for hydroxylation is 1. The molecule has 0 unspecified atom stereocenters. The average Bonchev–Trinajstić information content (AvgIpc) is 2.16. The Morgan fingerprint density at radius 1 is 1.21 bits per heavy atom. The van der Waals surface area contributed by atoms with Gasteiger partial charge in [-0.1, -0.05) is 24.3 Å². The maximum atomic E-state index is 4.45. The van der Waals surface area contributed by atoms with Crippen LogP contribution in [0.3, 0.4) is 0 Å². The Kier molecular flexibility index (Phi) is 2.08. The predicted molar refractivity (Wildman–Crippen MR) is 61.2 cm³/mol. The van der Waals surface area contributed by atoms with Gasteiger partial charge in [-0.15, -0.1) is 0 Å². The van der Waals surface area contributed by atoms with E-state index >= 15 is 0 Å². The molecule has 2 rings (SSSR count). The van der Waals surface area contributed by atoms with E-state index in [1.54, 1.807) is 0 Å². The minimum atomic E-state index is 1.05.